The molecule has 3 N–H and O–H groups in total. The summed E-state index contributed by atoms with van der Waals surface area (Å²) in [5.41, 5.74) is 5.28. The second-order valence-corrected chi connectivity index (χ2v) is 6.12. The van der Waals surface area contributed by atoms with Crippen molar-refractivity contribution in [2.24, 2.45) is 24.2 Å². The van der Waals surface area contributed by atoms with Crippen LogP contribution in [0.1, 0.15) is 31.7 Å². The third-order valence-corrected chi connectivity index (χ3v) is 4.46. The molecule has 1 aromatic rings. The molecule has 0 amide bonds. The van der Waals surface area contributed by atoms with Crippen LogP contribution in [0.4, 0.5) is 0 Å². The van der Waals surface area contributed by atoms with Gasteiger partial charge >= 0.3 is 0 Å². The molecule has 2 rings (SSSR count). The SMILES string of the molecule is Cc1nn(C)c(CC(NN)C2CC2(C)C)c1Cl. The van der Waals surface area contributed by atoms with E-state index in [-0.39, 0.29) is 6.04 Å². The zero-order valence-electron chi connectivity index (χ0n) is 10.9. The number of aryl methyl sites for hydroxylation is 2. The molecule has 1 aliphatic carbocycles. The summed E-state index contributed by atoms with van der Waals surface area (Å²) in [4.78, 5) is 0. The maximum Gasteiger partial charge on any atom is 0.0847 e. The lowest BCUT2D eigenvalue weighted by Gasteiger charge is -2.18. The van der Waals surface area contributed by atoms with Crippen molar-refractivity contribution in [2.75, 3.05) is 0 Å². The summed E-state index contributed by atoms with van der Waals surface area (Å²) in [6.07, 6.45) is 2.05. The van der Waals surface area contributed by atoms with Gasteiger partial charge in [0, 0.05) is 19.5 Å². The molecule has 0 bridgehead atoms. The number of aromatic nitrogens is 2. The summed E-state index contributed by atoms with van der Waals surface area (Å²) in [5.74, 6) is 6.29. The Balaban J connectivity index is 2.14. The normalized spacial score (nSPS) is 23.8. The van der Waals surface area contributed by atoms with Gasteiger partial charge in [-0.3, -0.25) is 16.0 Å². The van der Waals surface area contributed by atoms with Crippen molar-refractivity contribution < 1.29 is 0 Å². The fraction of sp³-hybridized carbons (Fsp3) is 0.750. The maximum atomic E-state index is 6.26. The molecular weight excluding hydrogens is 236 g/mol. The lowest BCUT2D eigenvalue weighted by atomic mass is 10.0. The minimum Gasteiger partial charge on any atom is -0.271 e. The van der Waals surface area contributed by atoms with Gasteiger partial charge in [-0.15, -0.1) is 0 Å². The van der Waals surface area contributed by atoms with Crippen molar-refractivity contribution in [3.63, 3.8) is 0 Å². The van der Waals surface area contributed by atoms with E-state index in [1.165, 1.54) is 6.42 Å². The van der Waals surface area contributed by atoms with Crippen molar-refractivity contribution in [1.29, 1.82) is 0 Å². The monoisotopic (exact) mass is 256 g/mol. The third kappa shape index (κ3) is 2.34. The zero-order valence-corrected chi connectivity index (χ0v) is 11.7. The Kier molecular flexibility index (Phi) is 3.23. The first-order valence-corrected chi connectivity index (χ1v) is 6.38. The van der Waals surface area contributed by atoms with Crippen molar-refractivity contribution in [3.05, 3.63) is 16.4 Å². The first-order chi connectivity index (χ1) is 7.86. The van der Waals surface area contributed by atoms with E-state index in [1.807, 2.05) is 18.7 Å². The first kappa shape index (κ1) is 12.9. The average Bonchev–Trinajstić information content (AvgIpc) is 2.80. The molecule has 1 saturated carbocycles. The van der Waals surface area contributed by atoms with Gasteiger partial charge in [0.05, 0.1) is 16.4 Å². The van der Waals surface area contributed by atoms with Crippen LogP contribution in [0.5, 0.6) is 0 Å². The predicted molar refractivity (Wildman–Crippen MR) is 69.7 cm³/mol. The largest absolute Gasteiger partial charge is 0.271 e. The second kappa shape index (κ2) is 4.26. The molecule has 5 heteroatoms. The number of hydrogen-bond donors (Lipinski definition) is 2. The second-order valence-electron chi connectivity index (χ2n) is 5.75. The Labute approximate surface area is 107 Å². The van der Waals surface area contributed by atoms with Gasteiger partial charge in [0.2, 0.25) is 0 Å². The highest BCUT2D eigenvalue weighted by Gasteiger charge is 2.50. The first-order valence-electron chi connectivity index (χ1n) is 6.01. The van der Waals surface area contributed by atoms with Crippen molar-refractivity contribution in [1.82, 2.24) is 15.2 Å². The van der Waals surface area contributed by atoms with Gasteiger partial charge in [-0.1, -0.05) is 25.4 Å². The molecule has 1 fully saturated rings. The van der Waals surface area contributed by atoms with E-state index in [2.05, 4.69) is 24.4 Å². The standard InChI is InChI=1S/C12H21ClN4/c1-7-11(13)10(17(4)16-7)5-9(15-14)8-6-12(8,2)3/h8-9,15H,5-6,14H2,1-4H3. The van der Waals surface area contributed by atoms with Gasteiger partial charge < -0.3 is 0 Å². The highest BCUT2D eigenvalue weighted by Crippen LogP contribution is 2.54. The number of nitrogens with two attached hydrogens (primary N) is 1. The maximum absolute atomic E-state index is 6.26. The van der Waals surface area contributed by atoms with Crippen LogP contribution in [0, 0.1) is 18.3 Å². The number of hydrazine groups is 1. The van der Waals surface area contributed by atoms with Crippen LogP contribution in [0.25, 0.3) is 0 Å². The highest BCUT2D eigenvalue weighted by atomic mass is 35.5. The third-order valence-electron chi connectivity index (χ3n) is 3.96. The molecule has 1 aliphatic rings. The van der Waals surface area contributed by atoms with E-state index in [4.69, 9.17) is 17.4 Å². The van der Waals surface area contributed by atoms with Crippen LogP contribution in [0.2, 0.25) is 5.02 Å². The summed E-state index contributed by atoms with van der Waals surface area (Å²) in [6.45, 7) is 6.48. The molecule has 1 heterocycles. The number of rotatable bonds is 4. The number of nitrogens with one attached hydrogen (secondary N) is 1. The summed E-state index contributed by atoms with van der Waals surface area (Å²) in [6, 6.07) is 0.275. The van der Waals surface area contributed by atoms with E-state index in [1.54, 1.807) is 0 Å². The molecule has 4 nitrogen and oxygen atoms in total. The smallest absolute Gasteiger partial charge is 0.0847 e. The topological polar surface area (TPSA) is 55.9 Å². The van der Waals surface area contributed by atoms with Gasteiger partial charge in [0.25, 0.3) is 0 Å². The van der Waals surface area contributed by atoms with Crippen LogP contribution < -0.4 is 11.3 Å². The Bertz CT molecular complexity index is 424. The molecule has 2 atom stereocenters. The molecule has 0 radical (unpaired) electrons. The Hall–Kier alpha value is -0.580. The van der Waals surface area contributed by atoms with Gasteiger partial charge in [-0.05, 0) is 24.7 Å². The number of halogens is 1. The molecule has 17 heavy (non-hydrogen) atoms. The molecule has 2 unspecified atom stereocenters. The van der Waals surface area contributed by atoms with Crippen molar-refractivity contribution in [3.8, 4) is 0 Å². The van der Waals surface area contributed by atoms with Gasteiger partial charge in [-0.2, -0.15) is 5.10 Å². The van der Waals surface area contributed by atoms with E-state index in [9.17, 15) is 0 Å². The van der Waals surface area contributed by atoms with Crippen molar-refractivity contribution in [2.45, 2.75) is 39.7 Å². The minimum atomic E-state index is 0.275. The minimum absolute atomic E-state index is 0.275. The Morgan fingerprint density at radius 2 is 2.24 bits per heavy atom. The fourth-order valence-electron chi connectivity index (χ4n) is 2.62. The number of nitrogens with zero attached hydrogens (tertiary/aromatic N) is 2. The van der Waals surface area contributed by atoms with E-state index >= 15 is 0 Å². The quantitative estimate of drug-likeness (QED) is 0.638. The Morgan fingerprint density at radius 3 is 2.59 bits per heavy atom. The molecule has 96 valence electrons. The molecule has 1 aromatic heterocycles. The van der Waals surface area contributed by atoms with Gasteiger partial charge in [-0.25, -0.2) is 0 Å². The van der Waals surface area contributed by atoms with Crippen LogP contribution in [0.15, 0.2) is 0 Å². The molecule has 0 spiro atoms. The van der Waals surface area contributed by atoms with E-state index in [0.29, 0.717) is 11.3 Å². The van der Waals surface area contributed by atoms with Crippen molar-refractivity contribution >= 4 is 11.6 Å². The Morgan fingerprint density at radius 1 is 1.65 bits per heavy atom. The van der Waals surface area contributed by atoms with E-state index < -0.39 is 0 Å². The van der Waals surface area contributed by atoms with Crippen LogP contribution >= 0.6 is 11.6 Å². The number of hydrogen-bond acceptors (Lipinski definition) is 3. The van der Waals surface area contributed by atoms with Crippen LogP contribution in [-0.4, -0.2) is 15.8 Å². The molecular formula is C12H21ClN4. The van der Waals surface area contributed by atoms with E-state index in [0.717, 1.165) is 22.8 Å². The molecule has 0 aliphatic heterocycles. The van der Waals surface area contributed by atoms with Gasteiger partial charge in [0.1, 0.15) is 0 Å². The summed E-state index contributed by atoms with van der Waals surface area (Å²) < 4.78 is 1.86. The highest BCUT2D eigenvalue weighted by molar-refractivity contribution is 6.31. The molecule has 0 aromatic carbocycles. The lowest BCUT2D eigenvalue weighted by Crippen LogP contribution is -2.40. The predicted octanol–water partition coefficient (Wildman–Crippen LogP) is 1.80. The summed E-state index contributed by atoms with van der Waals surface area (Å²) in [5, 5.41) is 5.10. The average molecular weight is 257 g/mol. The summed E-state index contributed by atoms with van der Waals surface area (Å²) >= 11 is 6.26. The van der Waals surface area contributed by atoms with Crippen LogP contribution in [0.3, 0.4) is 0 Å². The fourth-order valence-corrected chi connectivity index (χ4v) is 2.86. The molecule has 0 saturated heterocycles. The lowest BCUT2D eigenvalue weighted by molar-refractivity contribution is 0.401. The summed E-state index contributed by atoms with van der Waals surface area (Å²) in [7, 11) is 1.93. The zero-order chi connectivity index (χ0) is 12.8. The van der Waals surface area contributed by atoms with Crippen LogP contribution in [-0.2, 0) is 13.5 Å². The van der Waals surface area contributed by atoms with Gasteiger partial charge in [0.15, 0.2) is 0 Å².